The molecule has 1 atom stereocenters. The van der Waals surface area contributed by atoms with Crippen LogP contribution in [0.4, 0.5) is 0 Å². The number of carbonyl (C=O) groups excluding carboxylic acids is 1. The number of hydrogen-bond acceptors (Lipinski definition) is 4. The molecule has 0 saturated heterocycles. The standard InChI is InChI=1S/C16H17N3O3/c1-10-7-12(11(2)18-10)8-17-19-16(20)15-9-21-13-5-3-4-6-14(13)22-15/h3-8,15,18H,9H2,1-2H3,(H,19,20)/t15-/m0/s1. The molecule has 2 N–H and O–H groups in total. The van der Waals surface area contributed by atoms with E-state index in [2.05, 4.69) is 15.5 Å². The molecule has 0 radical (unpaired) electrons. The third kappa shape index (κ3) is 2.95. The number of nitrogens with zero attached hydrogens (tertiary/aromatic N) is 1. The minimum atomic E-state index is -0.707. The highest BCUT2D eigenvalue weighted by Crippen LogP contribution is 2.30. The van der Waals surface area contributed by atoms with Gasteiger partial charge in [-0.15, -0.1) is 0 Å². The van der Waals surface area contributed by atoms with Crippen molar-refractivity contribution in [2.45, 2.75) is 20.0 Å². The molecular formula is C16H17N3O3. The van der Waals surface area contributed by atoms with Crippen LogP contribution in [0, 0.1) is 13.8 Å². The maximum atomic E-state index is 12.1. The summed E-state index contributed by atoms with van der Waals surface area (Å²) in [6.45, 7) is 4.08. The van der Waals surface area contributed by atoms with Crippen molar-refractivity contribution < 1.29 is 14.3 Å². The minimum absolute atomic E-state index is 0.167. The average Bonchev–Trinajstić information content (AvgIpc) is 2.84. The van der Waals surface area contributed by atoms with Crippen molar-refractivity contribution in [1.29, 1.82) is 0 Å². The Morgan fingerprint density at radius 3 is 2.86 bits per heavy atom. The second-order valence-corrected chi connectivity index (χ2v) is 5.13. The number of aromatic amines is 1. The van der Waals surface area contributed by atoms with Crippen LogP contribution < -0.4 is 14.9 Å². The van der Waals surface area contributed by atoms with Gasteiger partial charge in [0.1, 0.15) is 6.61 Å². The number of aryl methyl sites for hydroxylation is 2. The first kappa shape index (κ1) is 14.2. The smallest absolute Gasteiger partial charge is 0.284 e. The van der Waals surface area contributed by atoms with Crippen LogP contribution in [0.25, 0.3) is 0 Å². The molecule has 0 unspecified atom stereocenters. The SMILES string of the molecule is Cc1cc(C=NNC(=O)[C@@H]2COc3ccccc3O2)c(C)[nH]1. The Morgan fingerprint density at radius 2 is 2.14 bits per heavy atom. The van der Waals surface area contributed by atoms with E-state index < -0.39 is 6.10 Å². The quantitative estimate of drug-likeness (QED) is 0.671. The van der Waals surface area contributed by atoms with Crippen LogP contribution in [0.5, 0.6) is 11.5 Å². The van der Waals surface area contributed by atoms with Crippen LogP contribution in [-0.2, 0) is 4.79 Å². The summed E-state index contributed by atoms with van der Waals surface area (Å²) >= 11 is 0. The van der Waals surface area contributed by atoms with Gasteiger partial charge in [0.15, 0.2) is 11.5 Å². The van der Waals surface area contributed by atoms with Gasteiger partial charge < -0.3 is 14.5 Å². The van der Waals surface area contributed by atoms with Gasteiger partial charge in [-0.05, 0) is 32.0 Å². The predicted octanol–water partition coefficient (Wildman–Crippen LogP) is 1.92. The van der Waals surface area contributed by atoms with Gasteiger partial charge in [-0.3, -0.25) is 4.79 Å². The number of rotatable bonds is 3. The predicted molar refractivity (Wildman–Crippen MR) is 82.4 cm³/mol. The molecule has 114 valence electrons. The van der Waals surface area contributed by atoms with E-state index in [9.17, 15) is 4.79 Å². The Bertz CT molecular complexity index is 721. The van der Waals surface area contributed by atoms with Gasteiger partial charge in [-0.2, -0.15) is 5.10 Å². The Labute approximate surface area is 128 Å². The summed E-state index contributed by atoms with van der Waals surface area (Å²) in [6.07, 6.45) is 0.898. The molecule has 6 heteroatoms. The number of carbonyl (C=O) groups is 1. The fraction of sp³-hybridized carbons (Fsp3) is 0.250. The third-order valence-corrected chi connectivity index (χ3v) is 3.37. The molecule has 2 aromatic rings. The highest BCUT2D eigenvalue weighted by molar-refractivity contribution is 5.85. The summed E-state index contributed by atoms with van der Waals surface area (Å²) in [4.78, 5) is 15.2. The van der Waals surface area contributed by atoms with Gasteiger partial charge in [0.25, 0.3) is 5.91 Å². The number of aromatic nitrogens is 1. The first-order valence-corrected chi connectivity index (χ1v) is 7.01. The molecule has 3 rings (SSSR count). The normalized spacial score (nSPS) is 16.7. The van der Waals surface area contributed by atoms with Gasteiger partial charge in [0.05, 0.1) is 6.21 Å². The molecule has 1 aliphatic rings. The van der Waals surface area contributed by atoms with E-state index in [-0.39, 0.29) is 12.5 Å². The summed E-state index contributed by atoms with van der Waals surface area (Å²) in [7, 11) is 0. The van der Waals surface area contributed by atoms with Crippen molar-refractivity contribution in [2.75, 3.05) is 6.61 Å². The zero-order valence-corrected chi connectivity index (χ0v) is 12.4. The molecule has 1 aliphatic heterocycles. The Morgan fingerprint density at radius 1 is 1.36 bits per heavy atom. The highest BCUT2D eigenvalue weighted by Gasteiger charge is 2.26. The van der Waals surface area contributed by atoms with Gasteiger partial charge >= 0.3 is 0 Å². The highest BCUT2D eigenvalue weighted by atomic mass is 16.6. The molecule has 1 amide bonds. The number of amides is 1. The number of ether oxygens (including phenoxy) is 2. The van der Waals surface area contributed by atoms with Crippen LogP contribution in [0.15, 0.2) is 35.4 Å². The van der Waals surface area contributed by atoms with Crippen molar-refractivity contribution >= 4 is 12.1 Å². The Balaban J connectivity index is 1.60. The summed E-state index contributed by atoms with van der Waals surface area (Å²) in [5, 5.41) is 3.97. The second kappa shape index (κ2) is 5.93. The Hall–Kier alpha value is -2.76. The largest absolute Gasteiger partial charge is 0.485 e. The molecular weight excluding hydrogens is 282 g/mol. The number of para-hydroxylation sites is 2. The van der Waals surface area contributed by atoms with E-state index in [1.807, 2.05) is 32.0 Å². The molecule has 1 aromatic heterocycles. The molecule has 0 saturated carbocycles. The van der Waals surface area contributed by atoms with Gasteiger partial charge in [-0.1, -0.05) is 12.1 Å². The van der Waals surface area contributed by atoms with E-state index >= 15 is 0 Å². The number of hydrazone groups is 1. The molecule has 2 heterocycles. The molecule has 0 spiro atoms. The van der Waals surface area contributed by atoms with E-state index in [1.54, 1.807) is 18.3 Å². The Kier molecular flexibility index (Phi) is 3.82. The van der Waals surface area contributed by atoms with Crippen LogP contribution in [-0.4, -0.2) is 29.8 Å². The lowest BCUT2D eigenvalue weighted by atomic mass is 10.2. The summed E-state index contributed by atoms with van der Waals surface area (Å²) in [5.74, 6) is 0.874. The van der Waals surface area contributed by atoms with Crippen molar-refractivity contribution in [2.24, 2.45) is 5.10 Å². The molecule has 0 aliphatic carbocycles. The molecule has 22 heavy (non-hydrogen) atoms. The minimum Gasteiger partial charge on any atom is -0.485 e. The van der Waals surface area contributed by atoms with E-state index in [0.717, 1.165) is 17.0 Å². The fourth-order valence-corrected chi connectivity index (χ4v) is 2.27. The van der Waals surface area contributed by atoms with Crippen molar-refractivity contribution in [1.82, 2.24) is 10.4 Å². The fourth-order valence-electron chi connectivity index (χ4n) is 2.27. The lowest BCUT2D eigenvalue weighted by molar-refractivity contribution is -0.130. The zero-order chi connectivity index (χ0) is 15.5. The van der Waals surface area contributed by atoms with Crippen molar-refractivity contribution in [3.05, 3.63) is 47.3 Å². The summed E-state index contributed by atoms with van der Waals surface area (Å²) in [6, 6.07) is 9.22. The van der Waals surface area contributed by atoms with Gasteiger partial charge in [0.2, 0.25) is 6.10 Å². The van der Waals surface area contributed by atoms with Gasteiger partial charge in [-0.25, -0.2) is 5.43 Å². The zero-order valence-electron chi connectivity index (χ0n) is 12.4. The summed E-state index contributed by atoms with van der Waals surface area (Å²) < 4.78 is 11.1. The molecule has 1 aromatic carbocycles. The van der Waals surface area contributed by atoms with Crippen LogP contribution in [0.1, 0.15) is 17.0 Å². The average molecular weight is 299 g/mol. The maximum absolute atomic E-state index is 12.1. The third-order valence-electron chi connectivity index (χ3n) is 3.37. The second-order valence-electron chi connectivity index (χ2n) is 5.13. The maximum Gasteiger partial charge on any atom is 0.284 e. The topological polar surface area (TPSA) is 75.7 Å². The van der Waals surface area contributed by atoms with Crippen molar-refractivity contribution in [3.8, 4) is 11.5 Å². The molecule has 0 bridgehead atoms. The van der Waals surface area contributed by atoms with E-state index in [0.29, 0.717) is 11.5 Å². The van der Waals surface area contributed by atoms with Crippen LogP contribution in [0.3, 0.4) is 0 Å². The lowest BCUT2D eigenvalue weighted by Gasteiger charge is -2.24. The van der Waals surface area contributed by atoms with Crippen molar-refractivity contribution in [3.63, 3.8) is 0 Å². The van der Waals surface area contributed by atoms with E-state index in [1.165, 1.54) is 0 Å². The molecule has 6 nitrogen and oxygen atoms in total. The van der Waals surface area contributed by atoms with E-state index in [4.69, 9.17) is 9.47 Å². The van der Waals surface area contributed by atoms with Gasteiger partial charge in [0, 0.05) is 17.0 Å². The first-order valence-electron chi connectivity index (χ1n) is 7.01. The lowest BCUT2D eigenvalue weighted by Crippen LogP contribution is -2.42. The number of benzene rings is 1. The first-order chi connectivity index (χ1) is 10.6. The summed E-state index contributed by atoms with van der Waals surface area (Å²) in [5.41, 5.74) is 5.46. The van der Waals surface area contributed by atoms with Crippen LogP contribution in [0.2, 0.25) is 0 Å². The molecule has 0 fully saturated rings. The van der Waals surface area contributed by atoms with Crippen LogP contribution >= 0.6 is 0 Å². The number of H-pyrrole nitrogens is 1. The number of fused-ring (bicyclic) bond motifs is 1. The number of nitrogens with one attached hydrogen (secondary N) is 2. The number of hydrogen-bond donors (Lipinski definition) is 2. The monoisotopic (exact) mass is 299 g/mol.